The molecule has 17 heteroatoms. The number of primary amides is 2. The van der Waals surface area contributed by atoms with E-state index < -0.39 is 84.9 Å². The van der Waals surface area contributed by atoms with E-state index in [9.17, 15) is 47.0 Å². The lowest BCUT2D eigenvalue weighted by atomic mass is 9.99. The summed E-state index contributed by atoms with van der Waals surface area (Å²) in [5, 5.41) is 18.0. The van der Waals surface area contributed by atoms with Crippen LogP contribution in [0.2, 0.25) is 0 Å². The van der Waals surface area contributed by atoms with Gasteiger partial charge in [0.05, 0.1) is 12.5 Å². The second-order valence-electron chi connectivity index (χ2n) is 9.43. The van der Waals surface area contributed by atoms with E-state index in [2.05, 4.69) is 16.0 Å². The predicted molar refractivity (Wildman–Crippen MR) is 141 cm³/mol. The fourth-order valence-electron chi connectivity index (χ4n) is 3.60. The van der Waals surface area contributed by atoms with Crippen molar-refractivity contribution in [1.82, 2.24) is 21.3 Å². The average Bonchev–Trinajstić information content (AvgIpc) is 2.93. The number of aliphatic hydroxyl groups excluding tert-OH is 1. The molecule has 1 aromatic carbocycles. The second-order valence-corrected chi connectivity index (χ2v) is 9.43. The van der Waals surface area contributed by atoms with Gasteiger partial charge in [-0.05, 0) is 24.8 Å². The van der Waals surface area contributed by atoms with Crippen LogP contribution in [0.25, 0.3) is 0 Å². The number of nitrogens with one attached hydrogen (secondary N) is 4. The minimum Gasteiger partial charge on any atom is -0.394 e. The van der Waals surface area contributed by atoms with Crippen molar-refractivity contribution in [2.24, 2.45) is 23.1 Å². The Bertz CT molecular complexity index is 1110. The molecule has 0 saturated heterocycles. The Kier molecular flexibility index (Phi) is 14.4. The summed E-state index contributed by atoms with van der Waals surface area (Å²) >= 11 is 0. The fourth-order valence-corrected chi connectivity index (χ4v) is 3.60. The highest BCUT2D eigenvalue weighted by Gasteiger charge is 2.38. The van der Waals surface area contributed by atoms with E-state index in [0.717, 1.165) is 0 Å². The molecule has 0 bridgehead atoms. The van der Waals surface area contributed by atoms with Gasteiger partial charge in [-0.3, -0.25) is 28.8 Å². The quantitative estimate of drug-likeness (QED) is 0.0879. The first-order chi connectivity index (χ1) is 19.6. The molecule has 234 valence electrons. The van der Waals surface area contributed by atoms with Crippen LogP contribution in [0.4, 0.5) is 13.2 Å². The highest BCUT2D eigenvalue weighted by molar-refractivity contribution is 5.96. The van der Waals surface area contributed by atoms with E-state index >= 15 is 0 Å². The molecule has 0 saturated carbocycles. The van der Waals surface area contributed by atoms with Crippen molar-refractivity contribution < 1.29 is 47.0 Å². The van der Waals surface area contributed by atoms with Gasteiger partial charge in [-0.15, -0.1) is 0 Å². The molecule has 42 heavy (non-hydrogen) atoms. The van der Waals surface area contributed by atoms with Crippen LogP contribution >= 0.6 is 0 Å². The zero-order valence-corrected chi connectivity index (χ0v) is 22.8. The van der Waals surface area contributed by atoms with Crippen LogP contribution in [0, 0.1) is 5.92 Å². The number of aliphatic hydroxyl groups is 1. The molecule has 0 aromatic heterocycles. The maximum atomic E-state index is 13.3. The molecule has 0 fully saturated rings. The van der Waals surface area contributed by atoms with Gasteiger partial charge in [0.15, 0.2) is 0 Å². The summed E-state index contributed by atoms with van der Waals surface area (Å²) in [5.41, 5.74) is 16.7. The molecule has 0 spiro atoms. The molecule has 1 aromatic rings. The van der Waals surface area contributed by atoms with E-state index in [4.69, 9.17) is 17.2 Å². The second kappa shape index (κ2) is 16.9. The first-order valence-electron chi connectivity index (χ1n) is 12.8. The molecule has 0 unspecified atom stereocenters. The predicted octanol–water partition coefficient (Wildman–Crippen LogP) is -2.54. The van der Waals surface area contributed by atoms with Crippen molar-refractivity contribution in [2.75, 3.05) is 13.2 Å². The smallest absolute Gasteiger partial charge is 0.394 e. The van der Waals surface area contributed by atoms with Crippen molar-refractivity contribution in [2.45, 2.75) is 63.0 Å². The third-order valence-corrected chi connectivity index (χ3v) is 6.10. The van der Waals surface area contributed by atoms with Crippen LogP contribution < -0.4 is 38.5 Å². The monoisotopic (exact) mass is 603 g/mol. The Morgan fingerprint density at radius 1 is 0.857 bits per heavy atom. The Hall–Kier alpha value is -4.25. The third kappa shape index (κ3) is 12.1. The van der Waals surface area contributed by atoms with E-state index in [1.54, 1.807) is 35.6 Å². The van der Waals surface area contributed by atoms with Gasteiger partial charge in [0.25, 0.3) is 0 Å². The number of alkyl halides is 3. The van der Waals surface area contributed by atoms with Crippen LogP contribution in [0.3, 0.4) is 0 Å². The number of amides is 6. The van der Waals surface area contributed by atoms with E-state index in [1.165, 1.54) is 6.92 Å². The maximum Gasteiger partial charge on any atom is 0.471 e. The van der Waals surface area contributed by atoms with Crippen molar-refractivity contribution in [3.05, 3.63) is 35.9 Å². The number of carbonyl (C=O) groups excluding carboxylic acids is 6. The summed E-state index contributed by atoms with van der Waals surface area (Å²) in [4.78, 5) is 73.3. The molecule has 5 atom stereocenters. The summed E-state index contributed by atoms with van der Waals surface area (Å²) in [6, 6.07) is 2.79. The molecule has 1 rings (SSSR count). The highest BCUT2D eigenvalue weighted by atomic mass is 19.4. The van der Waals surface area contributed by atoms with Gasteiger partial charge < -0.3 is 43.6 Å². The molecule has 14 nitrogen and oxygen atoms in total. The Labute approximate surface area is 239 Å². The molecule has 11 N–H and O–H groups in total. The van der Waals surface area contributed by atoms with Crippen molar-refractivity contribution in [3.8, 4) is 0 Å². The summed E-state index contributed by atoms with van der Waals surface area (Å²) in [7, 11) is 0. The molecular formula is C25H36F3N7O7. The van der Waals surface area contributed by atoms with Gasteiger partial charge >= 0.3 is 12.1 Å². The first kappa shape index (κ1) is 35.8. The van der Waals surface area contributed by atoms with Crippen LogP contribution in [-0.4, -0.2) is 84.0 Å². The normalized spacial score (nSPS) is 14.8. The van der Waals surface area contributed by atoms with E-state index in [-0.39, 0.29) is 25.7 Å². The third-order valence-electron chi connectivity index (χ3n) is 6.10. The number of hydrogen-bond acceptors (Lipinski definition) is 8. The minimum atomic E-state index is -5.08. The average molecular weight is 604 g/mol. The molecule has 0 radical (unpaired) electrons. The number of benzene rings is 1. The summed E-state index contributed by atoms with van der Waals surface area (Å²) in [6.07, 6.45) is -5.36. The van der Waals surface area contributed by atoms with Gasteiger partial charge in [0.2, 0.25) is 29.5 Å². The topological polar surface area (TPSA) is 249 Å². The zero-order chi connectivity index (χ0) is 32.0. The van der Waals surface area contributed by atoms with Gasteiger partial charge in [-0.1, -0.05) is 37.3 Å². The number of unbranched alkanes of at least 4 members (excludes halogenated alkanes) is 1. The van der Waals surface area contributed by atoms with Crippen molar-refractivity contribution in [1.29, 1.82) is 0 Å². The molecule has 0 aliphatic rings. The van der Waals surface area contributed by atoms with Gasteiger partial charge in [0, 0.05) is 13.0 Å². The maximum absolute atomic E-state index is 13.3. The van der Waals surface area contributed by atoms with Crippen molar-refractivity contribution >= 4 is 35.4 Å². The lowest BCUT2D eigenvalue weighted by Gasteiger charge is -2.26. The summed E-state index contributed by atoms with van der Waals surface area (Å²) in [5.74, 6) is -8.13. The fraction of sp³-hybridized carbons (Fsp3) is 0.520. The van der Waals surface area contributed by atoms with Crippen LogP contribution in [-0.2, 0) is 35.2 Å². The molecule has 0 heterocycles. The van der Waals surface area contributed by atoms with Crippen LogP contribution in [0.1, 0.15) is 31.7 Å². The van der Waals surface area contributed by atoms with Gasteiger partial charge in [-0.25, -0.2) is 0 Å². The zero-order valence-electron chi connectivity index (χ0n) is 22.8. The molecule has 0 aliphatic carbocycles. The number of carbonyl (C=O) groups is 6. The largest absolute Gasteiger partial charge is 0.471 e. The number of nitrogens with two attached hydrogens (primary N) is 3. The number of halogens is 3. The Morgan fingerprint density at radius 3 is 1.95 bits per heavy atom. The standard InChI is InChI=1S/C25H36F3N7O7/c1-13(19(30)37)18(20(31)38)35-22(40)16(9-5-6-10-32-24(42)25(26,27)28)33-23(41)17(34-21(39)15(29)12-36)11-14-7-3-2-4-8-14/h2-4,7-8,13,15-18,36H,5-6,9-12,29H2,1H3,(H2,30,37)(H2,31,38)(H,32,42)(H,33,41)(H,34,39)(H,35,40)/t13-,15+,16+,17+,18+/m1/s1. The molecular weight excluding hydrogens is 567 g/mol. The summed E-state index contributed by atoms with van der Waals surface area (Å²) in [6.45, 7) is 0.133. The van der Waals surface area contributed by atoms with Gasteiger partial charge in [-0.2, -0.15) is 13.2 Å². The SMILES string of the molecule is C[C@@H](C(N)=O)[C@H](NC(=O)[C@H](CCCCNC(=O)C(F)(F)F)NC(=O)[C@H](Cc1ccccc1)NC(=O)[C@@H](N)CO)C(N)=O. The number of rotatable bonds is 17. The van der Waals surface area contributed by atoms with E-state index in [0.29, 0.717) is 5.56 Å². The van der Waals surface area contributed by atoms with Crippen molar-refractivity contribution in [3.63, 3.8) is 0 Å². The first-order valence-corrected chi connectivity index (χ1v) is 12.8. The lowest BCUT2D eigenvalue weighted by Crippen LogP contribution is -2.59. The minimum absolute atomic E-state index is 0.00815. The van der Waals surface area contributed by atoms with E-state index in [1.807, 2.05) is 0 Å². The number of hydrogen-bond donors (Lipinski definition) is 8. The Balaban J connectivity index is 3.15. The summed E-state index contributed by atoms with van der Waals surface area (Å²) < 4.78 is 37.2. The Morgan fingerprint density at radius 2 is 1.43 bits per heavy atom. The molecule has 6 amide bonds. The molecule has 0 aliphatic heterocycles. The lowest BCUT2D eigenvalue weighted by molar-refractivity contribution is -0.173. The van der Waals surface area contributed by atoms with Crippen LogP contribution in [0.15, 0.2) is 30.3 Å². The van der Waals surface area contributed by atoms with Crippen LogP contribution in [0.5, 0.6) is 0 Å². The highest BCUT2D eigenvalue weighted by Crippen LogP contribution is 2.14. The van der Waals surface area contributed by atoms with Gasteiger partial charge in [0.1, 0.15) is 24.2 Å².